The summed E-state index contributed by atoms with van der Waals surface area (Å²) in [7, 11) is 0. The number of carboxylic acid groups (broad SMARTS) is 1. The van der Waals surface area contributed by atoms with Gasteiger partial charge in [0.25, 0.3) is 0 Å². The van der Waals surface area contributed by atoms with E-state index >= 15 is 0 Å². The lowest BCUT2D eigenvalue weighted by Gasteiger charge is -2.52. The molecule has 4 aliphatic rings. The highest BCUT2D eigenvalue weighted by Gasteiger charge is 2.50. The van der Waals surface area contributed by atoms with E-state index in [2.05, 4.69) is 15.1 Å². The largest absolute Gasteiger partial charge is 0.478 e. The van der Waals surface area contributed by atoms with Gasteiger partial charge in [0, 0.05) is 41.1 Å². The van der Waals surface area contributed by atoms with Crippen LogP contribution in [0.2, 0.25) is 10.0 Å². The number of halogens is 2. The third-order valence-electron chi connectivity index (χ3n) is 8.92. The maximum Gasteiger partial charge on any atom is 0.335 e. The Morgan fingerprint density at radius 3 is 2.52 bits per heavy atom. The molecule has 4 heterocycles. The molecule has 4 aliphatic carbocycles. The number of aromatic carboxylic acids is 1. The van der Waals surface area contributed by atoms with Crippen molar-refractivity contribution in [3.8, 4) is 17.1 Å². The van der Waals surface area contributed by atoms with Crippen LogP contribution in [0.25, 0.3) is 16.9 Å². The average Bonchev–Trinajstić information content (AvgIpc) is 3.58. The minimum Gasteiger partial charge on any atom is -0.478 e. The Morgan fingerprint density at radius 1 is 1.12 bits per heavy atom. The summed E-state index contributed by atoms with van der Waals surface area (Å²) >= 11 is 12.9. The molecular weight excluding hydrogens is 555 g/mol. The Kier molecular flexibility index (Phi) is 6.29. The van der Waals surface area contributed by atoms with Gasteiger partial charge in [0.15, 0.2) is 0 Å². The quantitative estimate of drug-likeness (QED) is 0.225. The van der Waals surface area contributed by atoms with Crippen LogP contribution in [0.1, 0.15) is 79.0 Å². The van der Waals surface area contributed by atoms with Crippen molar-refractivity contribution in [2.45, 2.75) is 69.5 Å². The lowest BCUT2D eigenvalue weighted by Crippen LogP contribution is -2.49. The van der Waals surface area contributed by atoms with Crippen molar-refractivity contribution in [2.24, 2.45) is 5.41 Å². The van der Waals surface area contributed by atoms with E-state index in [1.165, 1.54) is 0 Å². The van der Waals surface area contributed by atoms with Gasteiger partial charge in [-0.05, 0) is 63.5 Å². The topological polar surface area (TPSA) is 112 Å². The molecule has 2 bridgehead atoms. The lowest BCUT2D eigenvalue weighted by molar-refractivity contribution is -0.150. The normalized spacial score (nSPS) is 24.1. The number of carboxylic acids is 1. The highest BCUT2D eigenvalue weighted by Crippen LogP contribution is 2.55. The van der Waals surface area contributed by atoms with Crippen molar-refractivity contribution < 1.29 is 23.9 Å². The number of rotatable bonds is 9. The Bertz CT molecular complexity index is 1570. The number of hydrogen-bond donors (Lipinski definition) is 1. The first-order valence-electron chi connectivity index (χ1n) is 13.6. The van der Waals surface area contributed by atoms with E-state index in [-0.39, 0.29) is 16.6 Å². The molecule has 0 aromatic carbocycles. The highest BCUT2D eigenvalue weighted by molar-refractivity contribution is 6.38. The van der Waals surface area contributed by atoms with Crippen LogP contribution in [0.3, 0.4) is 0 Å². The molecule has 4 saturated carbocycles. The van der Waals surface area contributed by atoms with Gasteiger partial charge in [0.1, 0.15) is 17.1 Å². The zero-order valence-corrected chi connectivity index (χ0v) is 23.2. The zero-order valence-electron chi connectivity index (χ0n) is 21.7. The van der Waals surface area contributed by atoms with E-state index in [0.717, 1.165) is 62.7 Å². The molecule has 0 amide bonds. The highest BCUT2D eigenvalue weighted by atomic mass is 35.5. The number of pyridine rings is 2. The molecule has 1 N–H and O–H groups in total. The fraction of sp³-hybridized carbons (Fsp3) is 0.448. The molecule has 4 aromatic rings. The number of hydrogen-bond acceptors (Lipinski definition) is 7. The molecular formula is C29H28Cl2N4O5. The van der Waals surface area contributed by atoms with Crippen LogP contribution in [0.15, 0.2) is 41.4 Å². The molecule has 0 atom stereocenters. The SMILES string of the molecule is O=C(O)c1ccn2cc(OCC34CCC(OCc5c(-c6c(Cl)cncc6Cl)noc5C5CC5)(CC3)CC4)nc2c1. The van der Waals surface area contributed by atoms with Crippen molar-refractivity contribution in [1.82, 2.24) is 19.5 Å². The van der Waals surface area contributed by atoms with Gasteiger partial charge in [0.05, 0.1) is 40.6 Å². The van der Waals surface area contributed by atoms with Gasteiger partial charge in [0.2, 0.25) is 5.88 Å². The molecule has 208 valence electrons. The van der Waals surface area contributed by atoms with Gasteiger partial charge in [-0.3, -0.25) is 4.98 Å². The number of imidazole rings is 1. The molecule has 0 radical (unpaired) electrons. The molecule has 40 heavy (non-hydrogen) atoms. The van der Waals surface area contributed by atoms with Gasteiger partial charge < -0.3 is 23.5 Å². The van der Waals surface area contributed by atoms with Crippen LogP contribution in [0, 0.1) is 5.41 Å². The van der Waals surface area contributed by atoms with Gasteiger partial charge in [-0.25, -0.2) is 4.79 Å². The summed E-state index contributed by atoms with van der Waals surface area (Å²) in [5.74, 6) is 0.787. The Labute approximate surface area is 240 Å². The van der Waals surface area contributed by atoms with Crippen LogP contribution < -0.4 is 4.74 Å². The second-order valence-electron chi connectivity index (χ2n) is 11.5. The van der Waals surface area contributed by atoms with Gasteiger partial charge in [-0.2, -0.15) is 4.98 Å². The van der Waals surface area contributed by atoms with Crippen molar-refractivity contribution in [3.05, 3.63) is 63.9 Å². The molecule has 0 unspecified atom stereocenters. The predicted octanol–water partition coefficient (Wildman–Crippen LogP) is 6.96. The first-order chi connectivity index (χ1) is 19.3. The van der Waals surface area contributed by atoms with Gasteiger partial charge in [-0.1, -0.05) is 28.4 Å². The van der Waals surface area contributed by atoms with E-state index in [4.69, 9.17) is 37.2 Å². The zero-order chi connectivity index (χ0) is 27.5. The van der Waals surface area contributed by atoms with E-state index in [1.807, 2.05) is 0 Å². The van der Waals surface area contributed by atoms with Crippen LogP contribution >= 0.6 is 23.2 Å². The molecule has 4 fully saturated rings. The first kappa shape index (κ1) is 25.8. The maximum absolute atomic E-state index is 11.3. The summed E-state index contributed by atoms with van der Waals surface area (Å²) in [5.41, 5.74) is 2.89. The standard InChI is InChI=1S/C29H28Cl2N4O5/c30-20-12-32-13-21(31)24(20)25-19(26(40-34-25)17-1-2-17)15-39-29-7-4-28(5-8-29,6-9-29)16-38-23-14-35-10-3-18(27(36)37)11-22(35)33-23/h3,10-14,17H,1-2,4-9,15-16H2,(H,36,37). The summed E-state index contributed by atoms with van der Waals surface area (Å²) in [6, 6.07) is 3.10. The minimum absolute atomic E-state index is 0.0900. The Hall–Kier alpha value is -3.14. The van der Waals surface area contributed by atoms with Crippen LogP contribution in [0.4, 0.5) is 0 Å². The van der Waals surface area contributed by atoms with E-state index in [1.54, 1.807) is 41.3 Å². The maximum atomic E-state index is 11.3. The molecule has 0 aliphatic heterocycles. The summed E-state index contributed by atoms with van der Waals surface area (Å²) in [4.78, 5) is 19.8. The third-order valence-corrected chi connectivity index (χ3v) is 9.50. The van der Waals surface area contributed by atoms with Crippen molar-refractivity contribution in [2.75, 3.05) is 6.61 Å². The number of aromatic nitrogens is 4. The summed E-state index contributed by atoms with van der Waals surface area (Å²) in [6.07, 6.45) is 14.7. The van der Waals surface area contributed by atoms with E-state index in [9.17, 15) is 9.90 Å². The second-order valence-corrected chi connectivity index (χ2v) is 12.3. The number of carbonyl (C=O) groups is 1. The van der Waals surface area contributed by atoms with Crippen molar-refractivity contribution in [1.29, 1.82) is 0 Å². The smallest absolute Gasteiger partial charge is 0.335 e. The number of ether oxygens (including phenoxy) is 2. The molecule has 9 nitrogen and oxygen atoms in total. The first-order valence-corrected chi connectivity index (χ1v) is 14.4. The van der Waals surface area contributed by atoms with E-state index < -0.39 is 5.97 Å². The number of nitrogens with zero attached hydrogens (tertiary/aromatic N) is 4. The van der Waals surface area contributed by atoms with Crippen LogP contribution in [-0.2, 0) is 11.3 Å². The Morgan fingerprint density at radius 2 is 1.85 bits per heavy atom. The second kappa shape index (κ2) is 9.75. The summed E-state index contributed by atoms with van der Waals surface area (Å²) in [5, 5.41) is 14.5. The predicted molar refractivity (Wildman–Crippen MR) is 147 cm³/mol. The molecule has 11 heteroatoms. The average molecular weight is 583 g/mol. The summed E-state index contributed by atoms with van der Waals surface area (Å²) in [6.45, 7) is 0.988. The van der Waals surface area contributed by atoms with Gasteiger partial charge >= 0.3 is 5.97 Å². The Balaban J connectivity index is 1.03. The van der Waals surface area contributed by atoms with Crippen molar-refractivity contribution in [3.63, 3.8) is 0 Å². The fourth-order valence-corrected chi connectivity index (χ4v) is 6.78. The fourth-order valence-electron chi connectivity index (χ4n) is 6.24. The minimum atomic E-state index is -0.976. The van der Waals surface area contributed by atoms with Gasteiger partial charge in [-0.15, -0.1) is 0 Å². The number of fused-ring (bicyclic) bond motifs is 4. The monoisotopic (exact) mass is 582 g/mol. The van der Waals surface area contributed by atoms with Crippen molar-refractivity contribution >= 4 is 34.8 Å². The molecule has 0 spiro atoms. The molecule has 8 rings (SSSR count). The van der Waals surface area contributed by atoms with E-state index in [0.29, 0.717) is 52.0 Å². The summed E-state index contributed by atoms with van der Waals surface area (Å²) < 4.78 is 20.5. The third kappa shape index (κ3) is 4.63. The lowest BCUT2D eigenvalue weighted by atomic mass is 9.59. The molecule has 0 saturated heterocycles. The van der Waals surface area contributed by atoms with Crippen LogP contribution in [-0.4, -0.2) is 42.8 Å². The molecule has 4 aromatic heterocycles. The van der Waals surface area contributed by atoms with Crippen LogP contribution in [0.5, 0.6) is 5.88 Å².